The molecule has 12 nitrogen and oxygen atoms in total. The second-order valence-electron chi connectivity index (χ2n) is 21.9. The van der Waals surface area contributed by atoms with Crippen molar-refractivity contribution in [3.63, 3.8) is 0 Å². The number of nitrogens with zero attached hydrogens (tertiary/aromatic N) is 3. The number of carbonyl (C=O) groups is 3. The van der Waals surface area contributed by atoms with Crippen LogP contribution in [0.2, 0.25) is 0 Å². The molecule has 1 atom stereocenters. The minimum atomic E-state index is -4.50. The van der Waals surface area contributed by atoms with Gasteiger partial charge in [0.25, 0.3) is 5.91 Å². The number of ether oxygens (including phenoxy) is 1. The summed E-state index contributed by atoms with van der Waals surface area (Å²) >= 11 is 0. The molecule has 3 N–H and O–H groups in total. The van der Waals surface area contributed by atoms with E-state index in [2.05, 4.69) is 19.9 Å². The maximum absolute atomic E-state index is 13.5. The zero-order valence-corrected chi connectivity index (χ0v) is 49.7. The first kappa shape index (κ1) is 65.7. The summed E-state index contributed by atoms with van der Waals surface area (Å²) in [5, 5.41) is 9.25. The number of methoxy groups -OCH3 is 1. The van der Waals surface area contributed by atoms with Gasteiger partial charge in [0, 0.05) is 78.9 Å². The third-order valence-electron chi connectivity index (χ3n) is 15.2. The van der Waals surface area contributed by atoms with Gasteiger partial charge in [0.05, 0.1) is 34.9 Å². The number of carbonyl (C=O) groups excluding carboxylic acids is 2. The Labute approximate surface area is 520 Å². The Morgan fingerprint density at radius 3 is 1.37 bits per heavy atom. The van der Waals surface area contributed by atoms with Gasteiger partial charge in [-0.2, -0.15) is 39.5 Å². The molecule has 1 unspecified atom stereocenters. The van der Waals surface area contributed by atoms with Gasteiger partial charge in [-0.1, -0.05) is 48.5 Å². The normalized spacial score (nSPS) is 13.1. The molecule has 0 aliphatic carbocycles. The van der Waals surface area contributed by atoms with E-state index >= 15 is 0 Å². The lowest BCUT2D eigenvalue weighted by atomic mass is 9.91. The van der Waals surface area contributed by atoms with E-state index in [1.165, 1.54) is 55.9 Å². The van der Waals surface area contributed by atoms with Crippen molar-refractivity contribution >= 4 is 17.8 Å². The topological polar surface area (TPSA) is 175 Å². The van der Waals surface area contributed by atoms with Gasteiger partial charge in [0.15, 0.2) is 0 Å². The fourth-order valence-corrected chi connectivity index (χ4v) is 10.7. The summed E-state index contributed by atoms with van der Waals surface area (Å²) in [5.41, 5.74) is 7.12. The van der Waals surface area contributed by atoms with Crippen LogP contribution in [0.5, 0.6) is 0 Å². The first-order valence-electron chi connectivity index (χ1n) is 28.3. The monoisotopic (exact) mass is 1260 g/mol. The Kier molecular flexibility index (Phi) is 19.4. The smallest absolute Gasteiger partial charge is 0.416 e. The standard InChI is InChI=1S/C29H24F3N3O2.C22H18F3NO2.C20H14F3NO3/c1-18-11-23(13-24(12-18)29(30,31)32)25-6-4-19(14-26(25)21-5-7-27(36)34-16-21)28(37)35-10-8-22(17-35)20-3-2-9-33-15-20;1-13-8-17(10-18(9-13)22(23,24)25)19-7-6-15(21(27)28-3)11-20(19)16-5-4-14(2)26-12-16;1-11-6-14(8-15(7-11)20(21,22)23)16-4-2-12(19(26)27)9-17(16)13-3-5-18(25)24-10-13/h2-7,9,11-16,22H,8,10,17H2,1H3,(H,34,36);4-12H,1-3H3;2-10H,1H3,(H,24,25)(H,26,27). The van der Waals surface area contributed by atoms with Crippen molar-refractivity contribution < 1.29 is 63.7 Å². The first-order valence-corrected chi connectivity index (χ1v) is 28.3. The van der Waals surface area contributed by atoms with Crippen LogP contribution in [-0.2, 0) is 23.3 Å². The van der Waals surface area contributed by atoms with Crippen molar-refractivity contribution in [2.45, 2.75) is 58.6 Å². The number of aromatic amines is 2. The molecule has 5 heterocycles. The van der Waals surface area contributed by atoms with Crippen molar-refractivity contribution in [3.8, 4) is 66.8 Å². The van der Waals surface area contributed by atoms with E-state index in [0.29, 0.717) is 108 Å². The average Bonchev–Trinajstić information content (AvgIpc) is 0.862. The predicted molar refractivity (Wildman–Crippen MR) is 331 cm³/mol. The number of amides is 1. The molecule has 4 aromatic heterocycles. The molecule has 0 saturated carbocycles. The Bertz CT molecular complexity index is 4480. The van der Waals surface area contributed by atoms with Crippen LogP contribution in [0.15, 0.2) is 198 Å². The minimum Gasteiger partial charge on any atom is -0.478 e. The number of hydrogen-bond acceptors (Lipinski definition) is 8. The molecule has 92 heavy (non-hydrogen) atoms. The van der Waals surface area contributed by atoms with Crippen molar-refractivity contribution in [3.05, 3.63) is 271 Å². The summed E-state index contributed by atoms with van der Waals surface area (Å²) in [5.74, 6) is -1.63. The molecule has 1 fully saturated rings. The number of esters is 1. The zero-order chi connectivity index (χ0) is 66.4. The Morgan fingerprint density at radius 1 is 0.511 bits per heavy atom. The zero-order valence-electron chi connectivity index (χ0n) is 49.7. The Hall–Kier alpha value is -10.7. The molecule has 0 bridgehead atoms. The molecule has 11 rings (SSSR count). The van der Waals surface area contributed by atoms with Gasteiger partial charge in [0.2, 0.25) is 11.1 Å². The summed E-state index contributed by atoms with van der Waals surface area (Å²) in [6.45, 7) is 7.79. The van der Waals surface area contributed by atoms with Crippen LogP contribution in [0.3, 0.4) is 0 Å². The number of hydrogen-bond donors (Lipinski definition) is 3. The summed E-state index contributed by atoms with van der Waals surface area (Å²) < 4.78 is 125. The number of aryl methyl sites for hydroxylation is 4. The Balaban J connectivity index is 0.000000166. The molecule has 21 heteroatoms. The van der Waals surface area contributed by atoms with Crippen LogP contribution in [-0.4, -0.2) is 68.0 Å². The minimum absolute atomic E-state index is 0.0105. The van der Waals surface area contributed by atoms with Gasteiger partial charge in [-0.3, -0.25) is 24.4 Å². The van der Waals surface area contributed by atoms with Crippen LogP contribution in [0.25, 0.3) is 66.8 Å². The van der Waals surface area contributed by atoms with Gasteiger partial charge in [0.1, 0.15) is 0 Å². The van der Waals surface area contributed by atoms with E-state index in [1.807, 2.05) is 31.3 Å². The number of alkyl halides is 9. The van der Waals surface area contributed by atoms with E-state index in [1.54, 1.807) is 105 Å². The summed E-state index contributed by atoms with van der Waals surface area (Å²) in [4.78, 5) is 75.0. The number of rotatable bonds is 10. The number of carboxylic acid groups (broad SMARTS) is 1. The van der Waals surface area contributed by atoms with Gasteiger partial charge in [-0.25, -0.2) is 9.59 Å². The fourth-order valence-electron chi connectivity index (χ4n) is 10.7. The van der Waals surface area contributed by atoms with Crippen LogP contribution in [0.1, 0.15) is 88.1 Å². The lowest BCUT2D eigenvalue weighted by Gasteiger charge is -2.19. The quantitative estimate of drug-likeness (QED) is 0.0889. The molecule has 1 saturated heterocycles. The van der Waals surface area contributed by atoms with Crippen molar-refractivity contribution in [1.29, 1.82) is 0 Å². The fraction of sp³-hybridized carbons (Fsp3) is 0.169. The third-order valence-corrected chi connectivity index (χ3v) is 15.2. The van der Waals surface area contributed by atoms with Crippen LogP contribution in [0, 0.1) is 27.7 Å². The van der Waals surface area contributed by atoms with E-state index in [4.69, 9.17) is 4.74 Å². The van der Waals surface area contributed by atoms with E-state index < -0.39 is 47.2 Å². The van der Waals surface area contributed by atoms with Crippen LogP contribution >= 0.6 is 0 Å². The Morgan fingerprint density at radius 2 is 0.957 bits per heavy atom. The summed E-state index contributed by atoms with van der Waals surface area (Å²) in [7, 11) is 1.28. The van der Waals surface area contributed by atoms with Gasteiger partial charge < -0.3 is 24.7 Å². The van der Waals surface area contributed by atoms with E-state index in [-0.39, 0.29) is 28.5 Å². The highest BCUT2D eigenvalue weighted by Gasteiger charge is 2.34. The second kappa shape index (κ2) is 27.2. The molecular weight excluding hydrogens is 1210 g/mol. The predicted octanol–water partition coefficient (Wildman–Crippen LogP) is 16.6. The number of likely N-dealkylation sites (tertiary alicyclic amines) is 1. The molecule has 6 aromatic carbocycles. The highest BCUT2D eigenvalue weighted by Crippen LogP contribution is 2.42. The molecule has 0 radical (unpaired) electrons. The van der Waals surface area contributed by atoms with Crippen LogP contribution < -0.4 is 11.1 Å². The van der Waals surface area contributed by atoms with Crippen molar-refractivity contribution in [1.82, 2.24) is 24.8 Å². The lowest BCUT2D eigenvalue weighted by molar-refractivity contribution is -0.138. The number of carboxylic acids is 1. The highest BCUT2D eigenvalue weighted by molar-refractivity contribution is 5.99. The largest absolute Gasteiger partial charge is 0.478 e. The summed E-state index contributed by atoms with van der Waals surface area (Å²) in [6.07, 6.45) is -4.54. The number of aromatic nitrogens is 4. The van der Waals surface area contributed by atoms with Gasteiger partial charge >= 0.3 is 30.5 Å². The molecule has 1 aliphatic rings. The number of pyridine rings is 4. The van der Waals surface area contributed by atoms with Gasteiger partial charge in [-0.05, 0) is 215 Å². The molecular formula is C71H56F9N5O7. The van der Waals surface area contributed by atoms with Crippen molar-refractivity contribution in [2.75, 3.05) is 20.2 Å². The summed E-state index contributed by atoms with van der Waals surface area (Å²) in [6, 6.07) is 38.7. The maximum Gasteiger partial charge on any atom is 0.416 e. The number of aromatic carboxylic acids is 1. The molecule has 1 aliphatic heterocycles. The SMILES string of the molecule is COC(=O)c1ccc(-c2cc(C)cc(C(F)(F)F)c2)c(-c2ccc(C)nc2)c1.Cc1cc(-c2ccc(C(=O)N3CCC(c4cccnc4)C3)cc2-c2ccc(=O)[nH]c2)cc(C(F)(F)F)c1.Cc1cc(-c2ccc(C(=O)O)cc2-c2ccc(=O)[nH]c2)cc(C(F)(F)F)c1. The molecule has 10 aromatic rings. The lowest BCUT2D eigenvalue weighted by Crippen LogP contribution is -2.28. The van der Waals surface area contributed by atoms with Gasteiger partial charge in [-0.15, -0.1) is 0 Å². The number of H-pyrrole nitrogens is 2. The average molecular weight is 1260 g/mol. The molecule has 1 amide bonds. The number of nitrogens with one attached hydrogen (secondary N) is 2. The third kappa shape index (κ3) is 15.8. The highest BCUT2D eigenvalue weighted by atomic mass is 19.4. The first-order chi connectivity index (χ1) is 43.5. The second-order valence-corrected chi connectivity index (χ2v) is 21.9. The maximum atomic E-state index is 13.5. The molecule has 470 valence electrons. The van der Waals surface area contributed by atoms with E-state index in [0.717, 1.165) is 54.1 Å². The molecule has 0 spiro atoms. The van der Waals surface area contributed by atoms with Crippen molar-refractivity contribution in [2.24, 2.45) is 0 Å². The van der Waals surface area contributed by atoms with Crippen LogP contribution in [0.4, 0.5) is 39.5 Å². The van der Waals surface area contributed by atoms with E-state index in [9.17, 15) is 68.6 Å². The number of benzene rings is 6. The number of halogens is 9.